The summed E-state index contributed by atoms with van der Waals surface area (Å²) in [4.78, 5) is 24.1. The lowest BCUT2D eigenvalue weighted by Crippen LogP contribution is -2.78. The van der Waals surface area contributed by atoms with Gasteiger partial charge in [0, 0.05) is 57.7 Å². The number of likely N-dealkylation sites (tertiary alicyclic amines) is 1. The molecule has 152 valence electrons. The van der Waals surface area contributed by atoms with E-state index in [1.807, 2.05) is 17.0 Å². The number of nitrogens with zero attached hydrogens (tertiary/aromatic N) is 4. The van der Waals surface area contributed by atoms with Crippen molar-refractivity contribution < 1.29 is 9.90 Å². The summed E-state index contributed by atoms with van der Waals surface area (Å²) in [6, 6.07) is 14.5. The van der Waals surface area contributed by atoms with Gasteiger partial charge in [0.2, 0.25) is 0 Å². The van der Waals surface area contributed by atoms with Gasteiger partial charge in [-0.3, -0.25) is 19.6 Å². The highest BCUT2D eigenvalue weighted by molar-refractivity contribution is 5.94. The number of benzene rings is 1. The van der Waals surface area contributed by atoms with Crippen LogP contribution in [0.1, 0.15) is 22.3 Å². The number of rotatable bonds is 4. The first-order valence-corrected chi connectivity index (χ1v) is 10.5. The van der Waals surface area contributed by atoms with Crippen LogP contribution in [0, 0.1) is 0 Å². The van der Waals surface area contributed by atoms with Gasteiger partial charge in [0.25, 0.3) is 5.91 Å². The van der Waals surface area contributed by atoms with E-state index >= 15 is 0 Å². The normalized spacial score (nSPS) is 26.3. The number of pyridine rings is 1. The highest BCUT2D eigenvalue weighted by atomic mass is 16.3. The van der Waals surface area contributed by atoms with Crippen LogP contribution in [0.2, 0.25) is 0 Å². The second-order valence-electron chi connectivity index (χ2n) is 8.79. The van der Waals surface area contributed by atoms with Crippen molar-refractivity contribution in [2.75, 3.05) is 39.3 Å². The van der Waals surface area contributed by atoms with Crippen molar-refractivity contribution in [3.8, 4) is 0 Å². The number of aliphatic hydroxyl groups excluding tert-OH is 1. The monoisotopic (exact) mass is 392 g/mol. The van der Waals surface area contributed by atoms with E-state index in [1.165, 1.54) is 5.56 Å². The SMILES string of the molecule is O=C(c1cccnc1)N1CC2CC(O)CN2C2(CN(CCc3ccccc3)C2)C1. The third-order valence-electron chi connectivity index (χ3n) is 6.71. The van der Waals surface area contributed by atoms with Crippen LogP contribution in [0.25, 0.3) is 0 Å². The Morgan fingerprint density at radius 1 is 1.10 bits per heavy atom. The summed E-state index contributed by atoms with van der Waals surface area (Å²) < 4.78 is 0. The zero-order valence-electron chi connectivity index (χ0n) is 16.7. The maximum absolute atomic E-state index is 13.1. The molecule has 0 radical (unpaired) electrons. The predicted molar refractivity (Wildman–Crippen MR) is 111 cm³/mol. The Morgan fingerprint density at radius 3 is 2.69 bits per heavy atom. The summed E-state index contributed by atoms with van der Waals surface area (Å²) in [6.07, 6.45) is 4.85. The van der Waals surface area contributed by atoms with E-state index in [0.29, 0.717) is 12.1 Å². The molecule has 4 heterocycles. The van der Waals surface area contributed by atoms with E-state index < -0.39 is 0 Å². The van der Waals surface area contributed by atoms with Crippen molar-refractivity contribution in [1.29, 1.82) is 0 Å². The molecule has 2 aromatic rings. The number of β-amino-alcohol motifs (C(OH)–C–C–N with tert-alkyl or cyclic N) is 1. The molecule has 29 heavy (non-hydrogen) atoms. The standard InChI is InChI=1S/C23H28N4O2/c28-21-11-20-13-26(22(29)19-7-4-9-24-12-19)17-23(27(20)14-21)15-25(16-23)10-8-18-5-2-1-3-6-18/h1-7,9,12,20-21,28H,8,10-11,13-17H2. The molecular weight excluding hydrogens is 364 g/mol. The van der Waals surface area contributed by atoms with E-state index in [4.69, 9.17) is 0 Å². The second kappa shape index (κ2) is 7.52. The summed E-state index contributed by atoms with van der Waals surface area (Å²) in [6.45, 7) is 5.09. The number of aliphatic hydroxyl groups is 1. The molecule has 1 amide bonds. The van der Waals surface area contributed by atoms with Gasteiger partial charge in [-0.1, -0.05) is 30.3 Å². The van der Waals surface area contributed by atoms with Crippen molar-refractivity contribution in [2.24, 2.45) is 0 Å². The molecule has 1 aromatic carbocycles. The van der Waals surface area contributed by atoms with Gasteiger partial charge in [-0.05, 0) is 30.5 Å². The van der Waals surface area contributed by atoms with Crippen molar-refractivity contribution in [3.05, 3.63) is 66.0 Å². The first kappa shape index (κ1) is 18.7. The Labute approximate surface area is 171 Å². The minimum atomic E-state index is -0.288. The van der Waals surface area contributed by atoms with Gasteiger partial charge < -0.3 is 10.0 Å². The van der Waals surface area contributed by atoms with Crippen LogP contribution in [0.4, 0.5) is 0 Å². The van der Waals surface area contributed by atoms with Crippen LogP contribution < -0.4 is 0 Å². The van der Waals surface area contributed by atoms with Gasteiger partial charge in [-0.15, -0.1) is 0 Å². The molecule has 0 bridgehead atoms. The molecule has 3 saturated heterocycles. The molecule has 3 aliphatic heterocycles. The molecule has 6 heteroatoms. The first-order chi connectivity index (χ1) is 14.1. The average molecular weight is 393 g/mol. The maximum atomic E-state index is 13.1. The van der Waals surface area contributed by atoms with E-state index in [0.717, 1.165) is 45.6 Å². The lowest BCUT2D eigenvalue weighted by molar-refractivity contribution is -0.105. The molecule has 2 unspecified atom stereocenters. The van der Waals surface area contributed by atoms with Crippen LogP contribution in [0.5, 0.6) is 0 Å². The molecule has 1 spiro atoms. The summed E-state index contributed by atoms with van der Waals surface area (Å²) in [5.74, 6) is 0.0567. The van der Waals surface area contributed by atoms with E-state index in [1.54, 1.807) is 12.4 Å². The Hall–Kier alpha value is -2.28. The Bertz CT molecular complexity index is 854. The number of amides is 1. The van der Waals surface area contributed by atoms with Gasteiger partial charge in [-0.2, -0.15) is 0 Å². The van der Waals surface area contributed by atoms with Crippen LogP contribution in [0.3, 0.4) is 0 Å². The smallest absolute Gasteiger partial charge is 0.255 e. The fourth-order valence-electron chi connectivity index (χ4n) is 5.40. The second-order valence-corrected chi connectivity index (χ2v) is 8.79. The number of hydrogen-bond acceptors (Lipinski definition) is 5. The topological polar surface area (TPSA) is 59.9 Å². The van der Waals surface area contributed by atoms with Crippen LogP contribution in [0.15, 0.2) is 54.9 Å². The molecule has 5 rings (SSSR count). The molecule has 1 aromatic heterocycles. The zero-order valence-corrected chi connectivity index (χ0v) is 16.7. The molecular formula is C23H28N4O2. The third-order valence-corrected chi connectivity index (χ3v) is 6.71. The zero-order chi connectivity index (χ0) is 19.8. The molecule has 0 aliphatic carbocycles. The number of fused-ring (bicyclic) bond motifs is 2. The number of carbonyl (C=O) groups excluding carboxylic acids is 1. The molecule has 2 atom stereocenters. The van der Waals surface area contributed by atoms with E-state index in [2.05, 4.69) is 45.1 Å². The molecule has 1 N–H and O–H groups in total. The first-order valence-electron chi connectivity index (χ1n) is 10.5. The van der Waals surface area contributed by atoms with Crippen molar-refractivity contribution in [3.63, 3.8) is 0 Å². The summed E-state index contributed by atoms with van der Waals surface area (Å²) >= 11 is 0. The fourth-order valence-corrected chi connectivity index (χ4v) is 5.40. The van der Waals surface area contributed by atoms with Crippen molar-refractivity contribution in [1.82, 2.24) is 19.7 Å². The van der Waals surface area contributed by atoms with Crippen LogP contribution in [-0.2, 0) is 6.42 Å². The highest BCUT2D eigenvalue weighted by Crippen LogP contribution is 2.39. The van der Waals surface area contributed by atoms with Gasteiger partial charge in [-0.25, -0.2) is 0 Å². The lowest BCUT2D eigenvalue weighted by atomic mass is 9.83. The minimum Gasteiger partial charge on any atom is -0.392 e. The molecule has 3 aliphatic rings. The van der Waals surface area contributed by atoms with E-state index in [9.17, 15) is 9.90 Å². The average Bonchev–Trinajstić information content (AvgIpc) is 3.11. The molecule has 0 saturated carbocycles. The number of hydrogen-bond donors (Lipinski definition) is 1. The van der Waals surface area contributed by atoms with Crippen LogP contribution in [-0.4, -0.2) is 87.7 Å². The van der Waals surface area contributed by atoms with Gasteiger partial charge in [0.15, 0.2) is 0 Å². The fraction of sp³-hybridized carbons (Fsp3) is 0.478. The van der Waals surface area contributed by atoms with Crippen molar-refractivity contribution in [2.45, 2.75) is 30.5 Å². The predicted octanol–water partition coefficient (Wildman–Crippen LogP) is 1.27. The lowest BCUT2D eigenvalue weighted by Gasteiger charge is -2.61. The molecule has 3 fully saturated rings. The summed E-state index contributed by atoms with van der Waals surface area (Å²) in [7, 11) is 0. The number of aromatic nitrogens is 1. The quantitative estimate of drug-likeness (QED) is 0.849. The number of piperazine rings is 1. The van der Waals surface area contributed by atoms with Crippen LogP contribution >= 0.6 is 0 Å². The van der Waals surface area contributed by atoms with Gasteiger partial charge >= 0.3 is 0 Å². The van der Waals surface area contributed by atoms with E-state index in [-0.39, 0.29) is 23.6 Å². The number of carbonyl (C=O) groups is 1. The Balaban J connectivity index is 1.28. The third kappa shape index (κ3) is 3.56. The highest BCUT2D eigenvalue weighted by Gasteiger charge is 2.56. The van der Waals surface area contributed by atoms with Gasteiger partial charge in [0.05, 0.1) is 17.2 Å². The Kier molecular flexibility index (Phi) is 4.86. The largest absolute Gasteiger partial charge is 0.392 e. The maximum Gasteiger partial charge on any atom is 0.255 e. The molecule has 6 nitrogen and oxygen atoms in total. The summed E-state index contributed by atoms with van der Waals surface area (Å²) in [5.41, 5.74) is 1.98. The minimum absolute atomic E-state index is 0.0328. The summed E-state index contributed by atoms with van der Waals surface area (Å²) in [5, 5.41) is 10.3. The Morgan fingerprint density at radius 2 is 1.93 bits per heavy atom. The van der Waals surface area contributed by atoms with Gasteiger partial charge in [0.1, 0.15) is 0 Å². The van der Waals surface area contributed by atoms with Crippen molar-refractivity contribution >= 4 is 5.91 Å².